The van der Waals surface area contributed by atoms with E-state index in [1.807, 2.05) is 5.43 Å². The predicted molar refractivity (Wildman–Crippen MR) is 35.5 cm³/mol. The van der Waals surface area contributed by atoms with Gasteiger partial charge in [-0.1, -0.05) is 11.3 Å². The number of nitrogens with one attached hydrogen (secondary N) is 1. The summed E-state index contributed by atoms with van der Waals surface area (Å²) >= 11 is 1.22. The number of nitrogens with two attached hydrogens (primary N) is 1. The van der Waals surface area contributed by atoms with E-state index in [0.29, 0.717) is 0 Å². The summed E-state index contributed by atoms with van der Waals surface area (Å²) in [5.74, 6) is 4.74. The second-order valence-electron chi connectivity index (χ2n) is 1.33. The molecule has 10 heavy (non-hydrogen) atoms. The van der Waals surface area contributed by atoms with Gasteiger partial charge in [0, 0.05) is 11.6 Å². The number of hydrogen-bond donors (Lipinski definition) is 2. The monoisotopic (exact) mass is 159 g/mol. The van der Waals surface area contributed by atoms with Crippen LogP contribution in [0.5, 0.6) is 5.19 Å². The molecule has 1 rings (SSSR count). The summed E-state index contributed by atoms with van der Waals surface area (Å²) in [7, 11) is 0. The third-order valence-electron chi connectivity index (χ3n) is 0.708. The molecule has 0 atom stereocenters. The number of aromatic nitrogens is 1. The molecule has 1 aromatic rings. The standard InChI is InChI=1S/C4H5N3O2S/c5-7-3(8)9-4-6-1-2-10-4/h1-2H,5H2,(H,7,8). The normalized spacial score (nSPS) is 8.90. The van der Waals surface area contributed by atoms with Gasteiger partial charge < -0.3 is 4.74 Å². The van der Waals surface area contributed by atoms with Crippen LogP contribution in [0.25, 0.3) is 0 Å². The van der Waals surface area contributed by atoms with E-state index < -0.39 is 6.09 Å². The molecule has 0 saturated carbocycles. The maximum absolute atomic E-state index is 10.4. The van der Waals surface area contributed by atoms with Gasteiger partial charge in [0.05, 0.1) is 0 Å². The van der Waals surface area contributed by atoms with Crippen molar-refractivity contribution < 1.29 is 9.53 Å². The maximum Gasteiger partial charge on any atom is 0.428 e. The van der Waals surface area contributed by atoms with Gasteiger partial charge in [-0.3, -0.25) is 5.43 Å². The number of ether oxygens (including phenoxy) is 1. The van der Waals surface area contributed by atoms with E-state index in [2.05, 4.69) is 9.72 Å². The van der Waals surface area contributed by atoms with Crippen molar-refractivity contribution >= 4 is 17.4 Å². The summed E-state index contributed by atoms with van der Waals surface area (Å²) in [4.78, 5) is 14.1. The highest BCUT2D eigenvalue weighted by Crippen LogP contribution is 2.12. The van der Waals surface area contributed by atoms with Crippen molar-refractivity contribution in [1.82, 2.24) is 10.4 Å². The van der Waals surface area contributed by atoms with Crippen molar-refractivity contribution in [2.45, 2.75) is 0 Å². The molecule has 0 fully saturated rings. The van der Waals surface area contributed by atoms with Crippen LogP contribution in [0, 0.1) is 0 Å². The quantitative estimate of drug-likeness (QED) is 0.346. The highest BCUT2D eigenvalue weighted by atomic mass is 32.1. The molecule has 0 aliphatic carbocycles. The first-order valence-corrected chi connectivity index (χ1v) is 3.29. The second kappa shape index (κ2) is 3.14. The van der Waals surface area contributed by atoms with Crippen LogP contribution in [0.3, 0.4) is 0 Å². The van der Waals surface area contributed by atoms with E-state index in [1.54, 1.807) is 5.38 Å². The van der Waals surface area contributed by atoms with E-state index in [1.165, 1.54) is 17.5 Å². The smallest absolute Gasteiger partial charge is 0.380 e. The lowest BCUT2D eigenvalue weighted by Crippen LogP contribution is -2.32. The molecule has 0 spiro atoms. The zero-order valence-electron chi connectivity index (χ0n) is 4.90. The highest BCUT2D eigenvalue weighted by molar-refractivity contribution is 7.11. The topological polar surface area (TPSA) is 77.2 Å². The van der Waals surface area contributed by atoms with Crippen molar-refractivity contribution in [1.29, 1.82) is 0 Å². The van der Waals surface area contributed by atoms with Crippen LogP contribution in [-0.2, 0) is 0 Å². The fourth-order valence-electron chi connectivity index (χ4n) is 0.370. The molecule has 1 aromatic heterocycles. The minimum atomic E-state index is -0.713. The molecule has 0 aromatic carbocycles. The first kappa shape index (κ1) is 6.97. The molecule has 0 aliphatic heterocycles. The van der Waals surface area contributed by atoms with Gasteiger partial charge >= 0.3 is 6.09 Å². The average Bonchev–Trinajstić information content (AvgIpc) is 2.40. The fraction of sp³-hybridized carbons (Fsp3) is 0. The Hall–Kier alpha value is -1.14. The lowest BCUT2D eigenvalue weighted by molar-refractivity contribution is 0.200. The summed E-state index contributed by atoms with van der Waals surface area (Å²) in [6, 6.07) is 0. The molecule has 0 unspecified atom stereocenters. The Morgan fingerprint density at radius 1 is 1.90 bits per heavy atom. The molecule has 0 aliphatic rings. The van der Waals surface area contributed by atoms with Gasteiger partial charge in [0.2, 0.25) is 0 Å². The number of hydrazine groups is 1. The van der Waals surface area contributed by atoms with Crippen molar-refractivity contribution in [2.75, 3.05) is 0 Å². The fourth-order valence-corrected chi connectivity index (χ4v) is 0.853. The third-order valence-corrected chi connectivity index (χ3v) is 1.36. The van der Waals surface area contributed by atoms with Gasteiger partial charge in [-0.05, 0) is 0 Å². The van der Waals surface area contributed by atoms with Gasteiger partial charge in [0.1, 0.15) is 0 Å². The molecule has 0 saturated heterocycles. The highest BCUT2D eigenvalue weighted by Gasteiger charge is 2.01. The van der Waals surface area contributed by atoms with E-state index in [9.17, 15) is 4.79 Å². The summed E-state index contributed by atoms with van der Waals surface area (Å²) in [6.07, 6.45) is 0.819. The number of carbonyl (C=O) groups is 1. The van der Waals surface area contributed by atoms with E-state index >= 15 is 0 Å². The third kappa shape index (κ3) is 1.67. The van der Waals surface area contributed by atoms with Gasteiger partial charge in [0.15, 0.2) is 0 Å². The Kier molecular flexibility index (Phi) is 2.19. The van der Waals surface area contributed by atoms with Crippen LogP contribution >= 0.6 is 11.3 Å². The molecule has 54 valence electrons. The largest absolute Gasteiger partial charge is 0.428 e. The maximum atomic E-state index is 10.4. The molecule has 6 heteroatoms. The first-order chi connectivity index (χ1) is 4.83. The lowest BCUT2D eigenvalue weighted by atomic mass is 11.0. The molecule has 1 amide bonds. The minimum Gasteiger partial charge on any atom is -0.380 e. The first-order valence-electron chi connectivity index (χ1n) is 2.41. The Morgan fingerprint density at radius 3 is 3.20 bits per heavy atom. The summed E-state index contributed by atoms with van der Waals surface area (Å²) in [5, 5.41) is 1.97. The minimum absolute atomic E-state index is 0.281. The number of nitrogens with zero attached hydrogens (tertiary/aromatic N) is 1. The summed E-state index contributed by atoms with van der Waals surface area (Å²) < 4.78 is 4.54. The lowest BCUT2D eigenvalue weighted by Gasteiger charge is -1.95. The molecule has 0 bridgehead atoms. The Balaban J connectivity index is 2.48. The number of hydrogen-bond acceptors (Lipinski definition) is 5. The SMILES string of the molecule is NNC(=O)Oc1nccs1. The summed E-state index contributed by atoms with van der Waals surface area (Å²) in [6.45, 7) is 0. The number of rotatable bonds is 1. The zero-order chi connectivity index (χ0) is 7.40. The summed E-state index contributed by atoms with van der Waals surface area (Å²) in [5.41, 5.74) is 1.81. The molecule has 5 nitrogen and oxygen atoms in total. The number of thiazole rings is 1. The Bertz CT molecular complexity index is 210. The van der Waals surface area contributed by atoms with Crippen molar-refractivity contribution in [3.05, 3.63) is 11.6 Å². The molecule has 3 N–H and O–H groups in total. The van der Waals surface area contributed by atoms with Crippen molar-refractivity contribution in [2.24, 2.45) is 5.84 Å². The number of carbonyl (C=O) groups excluding carboxylic acids is 1. The Morgan fingerprint density at radius 2 is 2.70 bits per heavy atom. The Labute approximate surface area is 60.8 Å². The van der Waals surface area contributed by atoms with E-state index in [-0.39, 0.29) is 5.19 Å². The molecule has 0 radical (unpaired) electrons. The molecular weight excluding hydrogens is 154 g/mol. The van der Waals surface area contributed by atoms with Crippen molar-refractivity contribution in [3.63, 3.8) is 0 Å². The van der Waals surface area contributed by atoms with Crippen LogP contribution in [0.4, 0.5) is 4.79 Å². The zero-order valence-corrected chi connectivity index (χ0v) is 5.72. The van der Waals surface area contributed by atoms with Crippen LogP contribution in [0.2, 0.25) is 0 Å². The van der Waals surface area contributed by atoms with Gasteiger partial charge in [-0.25, -0.2) is 15.6 Å². The van der Waals surface area contributed by atoms with Gasteiger partial charge in [-0.15, -0.1) is 0 Å². The molecule has 1 heterocycles. The van der Waals surface area contributed by atoms with Gasteiger partial charge in [0.25, 0.3) is 5.19 Å². The van der Waals surface area contributed by atoms with Crippen LogP contribution in [0.15, 0.2) is 11.6 Å². The molecular formula is C4H5N3O2S. The van der Waals surface area contributed by atoms with Crippen molar-refractivity contribution in [3.8, 4) is 5.19 Å². The second-order valence-corrected chi connectivity index (χ2v) is 2.19. The predicted octanol–water partition coefficient (Wildman–Crippen LogP) is 0.105. The van der Waals surface area contributed by atoms with Crippen LogP contribution in [-0.4, -0.2) is 11.1 Å². The van der Waals surface area contributed by atoms with Crippen LogP contribution in [0.1, 0.15) is 0 Å². The van der Waals surface area contributed by atoms with Crippen LogP contribution < -0.4 is 16.0 Å². The van der Waals surface area contributed by atoms with Gasteiger partial charge in [-0.2, -0.15) is 0 Å². The number of amides is 1. The van der Waals surface area contributed by atoms with E-state index in [4.69, 9.17) is 5.84 Å². The van der Waals surface area contributed by atoms with E-state index in [0.717, 1.165) is 0 Å². The average molecular weight is 159 g/mol.